The highest BCUT2D eigenvalue weighted by Gasteiger charge is 2.02. The molecule has 0 fully saturated rings. The Morgan fingerprint density at radius 3 is 2.74 bits per heavy atom. The molecule has 0 unspecified atom stereocenters. The maximum Gasteiger partial charge on any atom is 0.146 e. The quantitative estimate of drug-likeness (QED) is 0.917. The molecule has 1 N–H and O–H groups in total. The summed E-state index contributed by atoms with van der Waals surface area (Å²) in [4.78, 5) is 8.16. The Kier molecular flexibility index (Phi) is 3.71. The standard InChI is InChI=1S/C14H13FN4/c1-9-5-11(3-4-13(9)15)8-17-14-6-12(7-16)18-10(2)19-14/h3-6H,8H2,1-2H3,(H,17,18,19). The van der Waals surface area contributed by atoms with Gasteiger partial charge in [0.2, 0.25) is 0 Å². The zero-order valence-electron chi connectivity index (χ0n) is 10.7. The Labute approximate surface area is 110 Å². The topological polar surface area (TPSA) is 61.6 Å². The van der Waals surface area contributed by atoms with Crippen LogP contribution in [0.5, 0.6) is 0 Å². The predicted octanol–water partition coefficient (Wildman–Crippen LogP) is 2.72. The van der Waals surface area contributed by atoms with E-state index in [1.165, 1.54) is 6.07 Å². The van der Waals surface area contributed by atoms with Crippen LogP contribution in [0, 0.1) is 31.0 Å². The SMILES string of the molecule is Cc1nc(C#N)cc(NCc2ccc(F)c(C)c2)n1. The summed E-state index contributed by atoms with van der Waals surface area (Å²) in [5, 5.41) is 11.9. The van der Waals surface area contributed by atoms with Crippen LogP contribution in [0.15, 0.2) is 24.3 Å². The third kappa shape index (κ3) is 3.26. The molecule has 0 spiro atoms. The van der Waals surface area contributed by atoms with E-state index in [0.717, 1.165) is 5.56 Å². The largest absolute Gasteiger partial charge is 0.366 e. The van der Waals surface area contributed by atoms with Crippen molar-refractivity contribution >= 4 is 5.82 Å². The fraction of sp³-hybridized carbons (Fsp3) is 0.214. The minimum absolute atomic E-state index is 0.214. The molecule has 0 radical (unpaired) electrons. The van der Waals surface area contributed by atoms with Gasteiger partial charge in [0.05, 0.1) is 0 Å². The fourth-order valence-corrected chi connectivity index (χ4v) is 1.72. The van der Waals surface area contributed by atoms with Gasteiger partial charge in [-0.2, -0.15) is 5.26 Å². The lowest BCUT2D eigenvalue weighted by atomic mass is 10.1. The maximum atomic E-state index is 13.1. The van der Waals surface area contributed by atoms with Crippen molar-refractivity contribution in [1.82, 2.24) is 9.97 Å². The van der Waals surface area contributed by atoms with E-state index >= 15 is 0 Å². The van der Waals surface area contributed by atoms with E-state index in [-0.39, 0.29) is 5.82 Å². The van der Waals surface area contributed by atoms with Crippen LogP contribution in [-0.4, -0.2) is 9.97 Å². The van der Waals surface area contributed by atoms with Crippen molar-refractivity contribution in [3.8, 4) is 6.07 Å². The highest BCUT2D eigenvalue weighted by molar-refractivity contribution is 5.41. The molecular formula is C14H13FN4. The molecule has 4 nitrogen and oxygen atoms in total. The van der Waals surface area contributed by atoms with E-state index in [0.29, 0.717) is 29.4 Å². The van der Waals surface area contributed by atoms with Gasteiger partial charge in [-0.3, -0.25) is 0 Å². The van der Waals surface area contributed by atoms with Crippen molar-refractivity contribution < 1.29 is 4.39 Å². The van der Waals surface area contributed by atoms with Crippen molar-refractivity contribution in [2.45, 2.75) is 20.4 Å². The molecule has 0 aliphatic rings. The molecule has 0 bridgehead atoms. The molecule has 0 saturated carbocycles. The number of halogens is 1. The summed E-state index contributed by atoms with van der Waals surface area (Å²) in [6, 6.07) is 8.51. The highest BCUT2D eigenvalue weighted by atomic mass is 19.1. The van der Waals surface area contributed by atoms with Crippen molar-refractivity contribution in [2.24, 2.45) is 0 Å². The first-order chi connectivity index (χ1) is 9.08. The summed E-state index contributed by atoms with van der Waals surface area (Å²) in [6.07, 6.45) is 0. The molecule has 2 rings (SSSR count). The summed E-state index contributed by atoms with van der Waals surface area (Å²) in [6.45, 7) is 3.97. The van der Waals surface area contributed by atoms with Crippen LogP contribution in [-0.2, 0) is 6.54 Å². The number of benzene rings is 1. The van der Waals surface area contributed by atoms with Crippen LogP contribution in [0.2, 0.25) is 0 Å². The molecule has 1 aromatic carbocycles. The number of aromatic nitrogens is 2. The second-order valence-electron chi connectivity index (χ2n) is 4.23. The van der Waals surface area contributed by atoms with Crippen LogP contribution >= 0.6 is 0 Å². The smallest absolute Gasteiger partial charge is 0.146 e. The molecule has 2 aromatic rings. The van der Waals surface area contributed by atoms with E-state index in [4.69, 9.17) is 5.26 Å². The summed E-state index contributed by atoms with van der Waals surface area (Å²) in [5.41, 5.74) is 1.88. The van der Waals surface area contributed by atoms with E-state index in [1.807, 2.05) is 6.07 Å². The van der Waals surface area contributed by atoms with Gasteiger partial charge in [-0.25, -0.2) is 14.4 Å². The Bertz CT molecular complexity index is 646. The molecule has 0 saturated heterocycles. The number of rotatable bonds is 3. The first-order valence-electron chi connectivity index (χ1n) is 5.83. The van der Waals surface area contributed by atoms with E-state index in [9.17, 15) is 4.39 Å². The molecular weight excluding hydrogens is 243 g/mol. The molecule has 19 heavy (non-hydrogen) atoms. The summed E-state index contributed by atoms with van der Waals surface area (Å²) < 4.78 is 13.1. The number of nitriles is 1. The molecule has 0 atom stereocenters. The predicted molar refractivity (Wildman–Crippen MR) is 69.9 cm³/mol. The third-order valence-electron chi connectivity index (χ3n) is 2.65. The molecule has 0 amide bonds. The number of anilines is 1. The van der Waals surface area contributed by atoms with E-state index < -0.39 is 0 Å². The van der Waals surface area contributed by atoms with Gasteiger partial charge in [0.15, 0.2) is 0 Å². The summed E-state index contributed by atoms with van der Waals surface area (Å²) in [7, 11) is 0. The Morgan fingerprint density at radius 2 is 2.05 bits per heavy atom. The van der Waals surface area contributed by atoms with Gasteiger partial charge in [-0.1, -0.05) is 12.1 Å². The molecule has 96 valence electrons. The second-order valence-corrected chi connectivity index (χ2v) is 4.23. The van der Waals surface area contributed by atoms with Crippen molar-refractivity contribution in [1.29, 1.82) is 5.26 Å². The minimum Gasteiger partial charge on any atom is -0.366 e. The Hall–Kier alpha value is -2.48. The first-order valence-corrected chi connectivity index (χ1v) is 5.83. The van der Waals surface area contributed by atoms with Crippen LogP contribution in [0.25, 0.3) is 0 Å². The summed E-state index contributed by atoms with van der Waals surface area (Å²) >= 11 is 0. The van der Waals surface area contributed by atoms with Crippen molar-refractivity contribution in [3.05, 3.63) is 52.7 Å². The van der Waals surface area contributed by atoms with Gasteiger partial charge < -0.3 is 5.32 Å². The van der Waals surface area contributed by atoms with Crippen LogP contribution in [0.3, 0.4) is 0 Å². The monoisotopic (exact) mass is 256 g/mol. The fourth-order valence-electron chi connectivity index (χ4n) is 1.72. The number of hydrogen-bond acceptors (Lipinski definition) is 4. The molecule has 1 heterocycles. The number of nitrogens with one attached hydrogen (secondary N) is 1. The van der Waals surface area contributed by atoms with Gasteiger partial charge >= 0.3 is 0 Å². The maximum absolute atomic E-state index is 13.1. The Morgan fingerprint density at radius 1 is 1.26 bits per heavy atom. The van der Waals surface area contributed by atoms with Crippen LogP contribution < -0.4 is 5.32 Å². The van der Waals surface area contributed by atoms with Gasteiger partial charge in [0, 0.05) is 12.6 Å². The lowest BCUT2D eigenvalue weighted by Crippen LogP contribution is -2.04. The van der Waals surface area contributed by atoms with E-state index in [1.54, 1.807) is 32.0 Å². The van der Waals surface area contributed by atoms with Gasteiger partial charge in [-0.05, 0) is 31.0 Å². The molecule has 0 aliphatic heterocycles. The van der Waals surface area contributed by atoms with Gasteiger partial charge in [-0.15, -0.1) is 0 Å². The second kappa shape index (κ2) is 5.44. The third-order valence-corrected chi connectivity index (χ3v) is 2.65. The average molecular weight is 256 g/mol. The van der Waals surface area contributed by atoms with E-state index in [2.05, 4.69) is 15.3 Å². The van der Waals surface area contributed by atoms with Crippen LogP contribution in [0.4, 0.5) is 10.2 Å². The minimum atomic E-state index is -0.214. The van der Waals surface area contributed by atoms with Crippen LogP contribution in [0.1, 0.15) is 22.6 Å². The lowest BCUT2D eigenvalue weighted by molar-refractivity contribution is 0.617. The number of hydrogen-bond donors (Lipinski definition) is 1. The molecule has 5 heteroatoms. The highest BCUT2D eigenvalue weighted by Crippen LogP contribution is 2.12. The Balaban J connectivity index is 2.12. The average Bonchev–Trinajstić information content (AvgIpc) is 2.39. The zero-order chi connectivity index (χ0) is 13.8. The normalized spacial score (nSPS) is 10.0. The number of nitrogens with zero attached hydrogens (tertiary/aromatic N) is 3. The van der Waals surface area contributed by atoms with Crippen molar-refractivity contribution in [3.63, 3.8) is 0 Å². The van der Waals surface area contributed by atoms with Gasteiger partial charge in [0.25, 0.3) is 0 Å². The number of aryl methyl sites for hydroxylation is 2. The molecule has 0 aliphatic carbocycles. The van der Waals surface area contributed by atoms with Gasteiger partial charge in [0.1, 0.15) is 29.2 Å². The van der Waals surface area contributed by atoms with Crippen molar-refractivity contribution in [2.75, 3.05) is 5.32 Å². The lowest BCUT2D eigenvalue weighted by Gasteiger charge is -2.07. The molecule has 1 aromatic heterocycles. The summed E-state index contributed by atoms with van der Waals surface area (Å²) in [5.74, 6) is 0.913. The zero-order valence-corrected chi connectivity index (χ0v) is 10.7. The first kappa shape index (κ1) is 13.0.